The number of fused-ring (bicyclic) bond motifs is 1. The van der Waals surface area contributed by atoms with Gasteiger partial charge < -0.3 is 9.67 Å². The van der Waals surface area contributed by atoms with Crippen LogP contribution in [0.4, 0.5) is 0 Å². The van der Waals surface area contributed by atoms with Crippen molar-refractivity contribution in [2.75, 3.05) is 0 Å². The lowest BCUT2D eigenvalue weighted by atomic mass is 10.2. The maximum absolute atomic E-state index is 11.2. The van der Waals surface area contributed by atoms with Gasteiger partial charge in [0.15, 0.2) is 0 Å². The molecule has 0 spiro atoms. The minimum absolute atomic E-state index is 0.311. The Morgan fingerprint density at radius 1 is 1.48 bits per heavy atom. The lowest BCUT2D eigenvalue weighted by Crippen LogP contribution is -1.96. The van der Waals surface area contributed by atoms with Crippen molar-refractivity contribution >= 4 is 39.3 Å². The maximum Gasteiger partial charge on any atom is 0.346 e. The first-order chi connectivity index (χ1) is 10.1. The molecule has 0 aliphatic rings. The van der Waals surface area contributed by atoms with Crippen LogP contribution in [0.2, 0.25) is 0 Å². The van der Waals surface area contributed by atoms with Gasteiger partial charge in [-0.2, -0.15) is 0 Å². The second-order valence-electron chi connectivity index (χ2n) is 4.37. The second kappa shape index (κ2) is 5.41. The molecular weight excluding hydrogens is 310 g/mol. The van der Waals surface area contributed by atoms with Gasteiger partial charge in [-0.15, -0.1) is 21.5 Å². The lowest BCUT2D eigenvalue weighted by molar-refractivity contribution is 0.0701. The number of aryl methyl sites for hydroxylation is 2. The number of aromatic carboxylic acids is 1. The fourth-order valence-corrected chi connectivity index (χ4v) is 4.02. The summed E-state index contributed by atoms with van der Waals surface area (Å²) in [6, 6.07) is 0. The molecule has 0 radical (unpaired) electrons. The first-order valence-corrected chi connectivity index (χ1v) is 7.81. The molecule has 0 aliphatic heterocycles. The van der Waals surface area contributed by atoms with Crippen LogP contribution in [0.15, 0.2) is 17.7 Å². The highest BCUT2D eigenvalue weighted by molar-refractivity contribution is 7.98. The Bertz CT molecular complexity index is 826. The predicted molar refractivity (Wildman–Crippen MR) is 79.7 cm³/mol. The molecule has 0 atom stereocenters. The van der Waals surface area contributed by atoms with Crippen LogP contribution < -0.4 is 0 Å². The quantitative estimate of drug-likeness (QED) is 0.581. The van der Waals surface area contributed by atoms with E-state index in [1.807, 2.05) is 11.6 Å². The maximum atomic E-state index is 11.2. The Morgan fingerprint density at radius 2 is 2.29 bits per heavy atom. The zero-order valence-electron chi connectivity index (χ0n) is 11.3. The van der Waals surface area contributed by atoms with Crippen molar-refractivity contribution in [3.05, 3.63) is 28.9 Å². The molecule has 3 aromatic heterocycles. The summed E-state index contributed by atoms with van der Waals surface area (Å²) in [6.45, 7) is 1.79. The number of thiophene rings is 1. The van der Waals surface area contributed by atoms with Gasteiger partial charge in [0.05, 0.1) is 5.75 Å². The van der Waals surface area contributed by atoms with Crippen LogP contribution in [0, 0.1) is 6.92 Å². The molecule has 0 aliphatic carbocycles. The second-order valence-corrected chi connectivity index (χ2v) is 6.33. The molecule has 7 nitrogen and oxygen atoms in total. The van der Waals surface area contributed by atoms with E-state index in [1.54, 1.807) is 13.3 Å². The van der Waals surface area contributed by atoms with Gasteiger partial charge in [-0.25, -0.2) is 14.8 Å². The molecule has 3 heterocycles. The van der Waals surface area contributed by atoms with Crippen molar-refractivity contribution in [1.82, 2.24) is 24.7 Å². The van der Waals surface area contributed by atoms with E-state index in [1.165, 1.54) is 29.4 Å². The van der Waals surface area contributed by atoms with Crippen molar-refractivity contribution in [2.24, 2.45) is 7.05 Å². The molecule has 21 heavy (non-hydrogen) atoms. The first-order valence-electron chi connectivity index (χ1n) is 6.01. The number of hydrogen-bond acceptors (Lipinski definition) is 7. The van der Waals surface area contributed by atoms with Gasteiger partial charge in [0, 0.05) is 12.4 Å². The molecule has 0 saturated heterocycles. The van der Waals surface area contributed by atoms with E-state index in [-0.39, 0.29) is 0 Å². The summed E-state index contributed by atoms with van der Waals surface area (Å²) in [7, 11) is 1.88. The Morgan fingerprint density at radius 3 is 2.95 bits per heavy atom. The molecule has 9 heteroatoms. The molecule has 0 fully saturated rings. The monoisotopic (exact) mass is 321 g/mol. The molecule has 3 aromatic rings. The van der Waals surface area contributed by atoms with Crippen molar-refractivity contribution in [1.29, 1.82) is 0 Å². The fourth-order valence-electron chi connectivity index (χ4n) is 1.92. The molecule has 3 rings (SSSR count). The summed E-state index contributed by atoms with van der Waals surface area (Å²) < 4.78 is 1.84. The van der Waals surface area contributed by atoms with Crippen LogP contribution in [0.5, 0.6) is 0 Å². The number of aromatic nitrogens is 5. The van der Waals surface area contributed by atoms with Crippen molar-refractivity contribution in [3.8, 4) is 0 Å². The molecule has 0 unspecified atom stereocenters. The van der Waals surface area contributed by atoms with Crippen LogP contribution in [-0.2, 0) is 12.8 Å². The third kappa shape index (κ3) is 2.49. The summed E-state index contributed by atoms with van der Waals surface area (Å²) in [6.07, 6.45) is 3.10. The lowest BCUT2D eigenvalue weighted by Gasteiger charge is -2.03. The van der Waals surface area contributed by atoms with Gasteiger partial charge in [0.2, 0.25) is 0 Å². The highest BCUT2D eigenvalue weighted by atomic mass is 32.2. The van der Waals surface area contributed by atoms with Crippen molar-refractivity contribution in [3.63, 3.8) is 0 Å². The summed E-state index contributed by atoms with van der Waals surface area (Å²) in [5.74, 6) is 0.512. The average Bonchev–Trinajstić information content (AvgIpc) is 3.01. The van der Waals surface area contributed by atoms with Crippen LogP contribution in [0.1, 0.15) is 21.1 Å². The summed E-state index contributed by atoms with van der Waals surface area (Å²) in [4.78, 5) is 20.7. The van der Waals surface area contributed by atoms with E-state index in [4.69, 9.17) is 0 Å². The number of thioether (sulfide) groups is 1. The van der Waals surface area contributed by atoms with Gasteiger partial charge in [-0.1, -0.05) is 11.8 Å². The predicted octanol–water partition coefficient (Wildman–Crippen LogP) is 2.12. The Kier molecular flexibility index (Phi) is 3.60. The van der Waals surface area contributed by atoms with Gasteiger partial charge in [0.25, 0.3) is 0 Å². The molecule has 0 bridgehead atoms. The Labute approximate surface area is 128 Å². The van der Waals surface area contributed by atoms with Crippen LogP contribution in [-0.4, -0.2) is 35.8 Å². The molecule has 1 N–H and O–H groups in total. The normalized spacial score (nSPS) is 11.1. The van der Waals surface area contributed by atoms with Crippen molar-refractivity contribution < 1.29 is 9.90 Å². The van der Waals surface area contributed by atoms with E-state index in [0.717, 1.165) is 16.2 Å². The number of carboxylic acids is 1. The first kappa shape index (κ1) is 14.0. The van der Waals surface area contributed by atoms with E-state index < -0.39 is 5.97 Å². The Hall–Kier alpha value is -2.00. The van der Waals surface area contributed by atoms with Crippen LogP contribution >= 0.6 is 23.1 Å². The minimum atomic E-state index is -0.931. The molecule has 108 valence electrons. The molecule has 0 amide bonds. The summed E-state index contributed by atoms with van der Waals surface area (Å²) in [5, 5.41) is 18.6. The Balaban J connectivity index is 1.99. The number of hydrogen-bond donors (Lipinski definition) is 1. The van der Waals surface area contributed by atoms with Crippen LogP contribution in [0.25, 0.3) is 10.2 Å². The third-order valence-electron chi connectivity index (χ3n) is 3.03. The average molecular weight is 321 g/mol. The van der Waals surface area contributed by atoms with Gasteiger partial charge in [-0.3, -0.25) is 0 Å². The summed E-state index contributed by atoms with van der Waals surface area (Å²) in [5.41, 5.74) is 0.712. The topological polar surface area (TPSA) is 93.8 Å². The SMILES string of the molecule is Cc1c(C(=O)O)sc2ncnc(SCc3nncn3C)c12. The number of carboxylic acid groups (broad SMARTS) is 1. The van der Waals surface area contributed by atoms with E-state index >= 15 is 0 Å². The highest BCUT2D eigenvalue weighted by Crippen LogP contribution is 2.35. The number of nitrogens with zero attached hydrogens (tertiary/aromatic N) is 5. The largest absolute Gasteiger partial charge is 0.477 e. The van der Waals surface area contributed by atoms with Gasteiger partial charge >= 0.3 is 5.97 Å². The van der Waals surface area contributed by atoms with Crippen LogP contribution in [0.3, 0.4) is 0 Å². The van der Waals surface area contributed by atoms with Gasteiger partial charge in [-0.05, 0) is 12.5 Å². The number of rotatable bonds is 4. The van der Waals surface area contributed by atoms with E-state index in [0.29, 0.717) is 21.0 Å². The molecule has 0 aromatic carbocycles. The third-order valence-corrected chi connectivity index (χ3v) is 5.20. The molecular formula is C12H11N5O2S2. The highest BCUT2D eigenvalue weighted by Gasteiger charge is 2.19. The van der Waals surface area contributed by atoms with E-state index in [2.05, 4.69) is 20.2 Å². The van der Waals surface area contributed by atoms with E-state index in [9.17, 15) is 9.90 Å². The van der Waals surface area contributed by atoms with Crippen molar-refractivity contribution in [2.45, 2.75) is 17.7 Å². The molecule has 0 saturated carbocycles. The zero-order chi connectivity index (χ0) is 15.0. The summed E-state index contributed by atoms with van der Waals surface area (Å²) >= 11 is 2.68. The fraction of sp³-hybridized carbons (Fsp3) is 0.250. The smallest absolute Gasteiger partial charge is 0.346 e. The number of carbonyl (C=O) groups is 1. The standard InChI is InChI=1S/C12H11N5O2S2/c1-6-8-10(20-3-7-16-15-5-17(7)2)13-4-14-11(8)21-9(6)12(18)19/h4-5H,3H2,1-2H3,(H,18,19). The zero-order valence-corrected chi connectivity index (χ0v) is 12.9. The van der Waals surface area contributed by atoms with Gasteiger partial charge in [0.1, 0.15) is 33.2 Å². The minimum Gasteiger partial charge on any atom is -0.477 e.